The number of nitrogens with one attached hydrogen (secondary N) is 1. The quantitative estimate of drug-likeness (QED) is 0.791. The predicted molar refractivity (Wildman–Crippen MR) is 84.8 cm³/mol. The average molecular weight is 357 g/mol. The number of ether oxygens (including phenoxy) is 1. The van der Waals surface area contributed by atoms with Crippen molar-refractivity contribution in [2.24, 2.45) is 0 Å². The second-order valence-electron chi connectivity index (χ2n) is 5.18. The van der Waals surface area contributed by atoms with Crippen molar-refractivity contribution in [3.05, 3.63) is 27.7 Å². The van der Waals surface area contributed by atoms with Crippen molar-refractivity contribution in [2.75, 3.05) is 39.4 Å². The normalized spacial score (nSPS) is 15.9. The van der Waals surface area contributed by atoms with E-state index in [1.807, 2.05) is 0 Å². The molecule has 0 radical (unpaired) electrons. The fourth-order valence-electron chi connectivity index (χ4n) is 2.33. The number of carbonyl (C=O) groups excluding carboxylic acids is 1. The van der Waals surface area contributed by atoms with Crippen molar-refractivity contribution in [2.45, 2.75) is 13.3 Å². The first-order valence-electron chi connectivity index (χ1n) is 7.15. The van der Waals surface area contributed by atoms with Crippen LogP contribution in [0, 0.1) is 6.92 Å². The molecule has 21 heavy (non-hydrogen) atoms. The molecule has 1 aliphatic heterocycles. The second-order valence-corrected chi connectivity index (χ2v) is 6.10. The molecule has 1 heterocycles. The highest BCUT2D eigenvalue weighted by molar-refractivity contribution is 9.10. The van der Waals surface area contributed by atoms with Crippen molar-refractivity contribution in [3.8, 4) is 5.75 Å². The van der Waals surface area contributed by atoms with Crippen LogP contribution in [0.1, 0.15) is 22.3 Å². The van der Waals surface area contributed by atoms with E-state index in [9.17, 15) is 9.90 Å². The van der Waals surface area contributed by atoms with Gasteiger partial charge in [-0.1, -0.05) is 15.9 Å². The van der Waals surface area contributed by atoms with Gasteiger partial charge in [0.25, 0.3) is 5.91 Å². The number of aryl methyl sites for hydroxylation is 1. The van der Waals surface area contributed by atoms with Crippen LogP contribution in [0.5, 0.6) is 5.75 Å². The molecule has 0 unspecified atom stereocenters. The molecular weight excluding hydrogens is 336 g/mol. The van der Waals surface area contributed by atoms with Gasteiger partial charge in [0.15, 0.2) is 0 Å². The van der Waals surface area contributed by atoms with E-state index in [4.69, 9.17) is 4.74 Å². The molecule has 0 atom stereocenters. The molecule has 0 spiro atoms. The van der Waals surface area contributed by atoms with E-state index in [0.29, 0.717) is 17.7 Å². The maximum Gasteiger partial charge on any atom is 0.255 e. The van der Waals surface area contributed by atoms with Crippen LogP contribution in [0.25, 0.3) is 0 Å². The first-order valence-corrected chi connectivity index (χ1v) is 7.94. The summed E-state index contributed by atoms with van der Waals surface area (Å²) >= 11 is 3.34. The largest absolute Gasteiger partial charge is 0.507 e. The number of morpholine rings is 1. The third-order valence-corrected chi connectivity index (χ3v) is 4.01. The van der Waals surface area contributed by atoms with Crippen molar-refractivity contribution >= 4 is 21.8 Å². The average Bonchev–Trinajstić information content (AvgIpc) is 2.48. The third kappa shape index (κ3) is 4.69. The van der Waals surface area contributed by atoms with Gasteiger partial charge >= 0.3 is 0 Å². The summed E-state index contributed by atoms with van der Waals surface area (Å²) in [4.78, 5) is 14.4. The molecule has 1 saturated heterocycles. The number of benzene rings is 1. The minimum Gasteiger partial charge on any atom is -0.507 e. The molecule has 116 valence electrons. The molecule has 0 bridgehead atoms. The molecule has 1 amide bonds. The van der Waals surface area contributed by atoms with Gasteiger partial charge in [0.05, 0.1) is 18.8 Å². The molecule has 0 aromatic heterocycles. The molecule has 0 saturated carbocycles. The van der Waals surface area contributed by atoms with Crippen LogP contribution >= 0.6 is 15.9 Å². The van der Waals surface area contributed by atoms with Crippen molar-refractivity contribution in [1.29, 1.82) is 0 Å². The van der Waals surface area contributed by atoms with Crippen molar-refractivity contribution < 1.29 is 14.6 Å². The van der Waals surface area contributed by atoms with E-state index >= 15 is 0 Å². The Balaban J connectivity index is 1.79. The fraction of sp³-hybridized carbons (Fsp3) is 0.533. The Morgan fingerprint density at radius 1 is 1.43 bits per heavy atom. The lowest BCUT2D eigenvalue weighted by molar-refractivity contribution is 0.0374. The topological polar surface area (TPSA) is 61.8 Å². The third-order valence-electron chi connectivity index (χ3n) is 3.55. The van der Waals surface area contributed by atoms with Crippen LogP contribution in [0.4, 0.5) is 0 Å². The van der Waals surface area contributed by atoms with Gasteiger partial charge in [0.2, 0.25) is 0 Å². The summed E-state index contributed by atoms with van der Waals surface area (Å²) in [5.74, 6) is -0.192. The monoisotopic (exact) mass is 356 g/mol. The molecule has 1 aromatic rings. The minimum atomic E-state index is -0.237. The molecule has 5 nitrogen and oxygen atoms in total. The molecule has 2 N–H and O–H groups in total. The Hall–Kier alpha value is -1.11. The predicted octanol–water partition coefficient (Wildman–Crippen LogP) is 1.92. The number of hydrogen-bond donors (Lipinski definition) is 2. The molecule has 1 fully saturated rings. The summed E-state index contributed by atoms with van der Waals surface area (Å²) in [5.41, 5.74) is 0.996. The minimum absolute atomic E-state index is 0.0453. The van der Waals surface area contributed by atoms with Gasteiger partial charge in [-0.25, -0.2) is 0 Å². The zero-order chi connectivity index (χ0) is 15.2. The van der Waals surface area contributed by atoms with E-state index < -0.39 is 0 Å². The summed E-state index contributed by atoms with van der Waals surface area (Å²) in [6, 6.07) is 3.42. The van der Waals surface area contributed by atoms with Crippen molar-refractivity contribution in [3.63, 3.8) is 0 Å². The molecule has 1 aliphatic rings. The van der Waals surface area contributed by atoms with Gasteiger partial charge in [-0.2, -0.15) is 0 Å². The molecule has 6 heteroatoms. The summed E-state index contributed by atoms with van der Waals surface area (Å²) in [5, 5.41) is 12.8. The number of aromatic hydroxyl groups is 1. The highest BCUT2D eigenvalue weighted by Crippen LogP contribution is 2.26. The number of phenols is 1. The maximum absolute atomic E-state index is 12.1. The summed E-state index contributed by atoms with van der Waals surface area (Å²) in [7, 11) is 0. The van der Waals surface area contributed by atoms with E-state index in [-0.39, 0.29) is 11.7 Å². The Morgan fingerprint density at radius 3 is 2.86 bits per heavy atom. The van der Waals surface area contributed by atoms with Crippen LogP contribution in [0.15, 0.2) is 16.6 Å². The smallest absolute Gasteiger partial charge is 0.255 e. The van der Waals surface area contributed by atoms with Crippen LogP contribution in [-0.4, -0.2) is 55.3 Å². The van der Waals surface area contributed by atoms with E-state index in [1.54, 1.807) is 19.1 Å². The Morgan fingerprint density at radius 2 is 2.14 bits per heavy atom. The summed E-state index contributed by atoms with van der Waals surface area (Å²) < 4.78 is 6.08. The van der Waals surface area contributed by atoms with Crippen LogP contribution in [0.3, 0.4) is 0 Å². The molecule has 0 aliphatic carbocycles. The van der Waals surface area contributed by atoms with E-state index in [2.05, 4.69) is 26.1 Å². The Labute approximate surface area is 133 Å². The highest BCUT2D eigenvalue weighted by Gasteiger charge is 2.14. The number of phenolic OH excluding ortho intramolecular Hbond substituents is 1. The lowest BCUT2D eigenvalue weighted by atomic mass is 10.1. The lowest BCUT2D eigenvalue weighted by Crippen LogP contribution is -2.38. The van der Waals surface area contributed by atoms with Crippen LogP contribution in [-0.2, 0) is 4.74 Å². The van der Waals surface area contributed by atoms with Crippen LogP contribution in [0.2, 0.25) is 0 Å². The second kappa shape index (κ2) is 7.77. The zero-order valence-corrected chi connectivity index (χ0v) is 13.8. The van der Waals surface area contributed by atoms with Crippen molar-refractivity contribution in [1.82, 2.24) is 10.2 Å². The SMILES string of the molecule is Cc1cc(Br)cc(C(=O)NCCCN2CCOCC2)c1O. The number of amides is 1. The van der Waals surface area contributed by atoms with Gasteiger partial charge in [0.1, 0.15) is 5.75 Å². The molecule has 1 aromatic carbocycles. The van der Waals surface area contributed by atoms with E-state index in [0.717, 1.165) is 43.7 Å². The first-order chi connectivity index (χ1) is 10.1. The zero-order valence-electron chi connectivity index (χ0n) is 12.2. The summed E-state index contributed by atoms with van der Waals surface area (Å²) in [6.07, 6.45) is 0.888. The first kappa shape index (κ1) is 16.3. The molecular formula is C15H21BrN2O3. The van der Waals surface area contributed by atoms with Gasteiger partial charge in [-0.15, -0.1) is 0 Å². The number of carbonyl (C=O) groups is 1. The number of halogens is 1. The highest BCUT2D eigenvalue weighted by atomic mass is 79.9. The van der Waals surface area contributed by atoms with Gasteiger partial charge in [-0.05, 0) is 37.6 Å². The number of hydrogen-bond acceptors (Lipinski definition) is 4. The van der Waals surface area contributed by atoms with Gasteiger partial charge < -0.3 is 15.2 Å². The summed E-state index contributed by atoms with van der Waals surface area (Å²) in [6.45, 7) is 6.82. The van der Waals surface area contributed by atoms with Gasteiger partial charge in [-0.3, -0.25) is 9.69 Å². The Kier molecular flexibility index (Phi) is 6.02. The molecule has 2 rings (SSSR count). The maximum atomic E-state index is 12.1. The number of nitrogens with zero attached hydrogens (tertiary/aromatic N) is 1. The Bertz CT molecular complexity index is 502. The standard InChI is InChI=1S/C15H21BrN2O3/c1-11-9-12(16)10-13(14(11)19)15(20)17-3-2-4-18-5-7-21-8-6-18/h9-10,19H,2-8H2,1H3,(H,17,20). The van der Waals surface area contributed by atoms with Crippen LogP contribution < -0.4 is 5.32 Å². The van der Waals surface area contributed by atoms with Gasteiger partial charge in [0, 0.05) is 24.1 Å². The lowest BCUT2D eigenvalue weighted by Gasteiger charge is -2.26. The number of rotatable bonds is 5. The van der Waals surface area contributed by atoms with E-state index in [1.165, 1.54) is 0 Å². The fourth-order valence-corrected chi connectivity index (χ4v) is 2.91.